The molecule has 3 N–H and O–H groups in total. The molecule has 2 aliphatic rings. The number of aromatic hydroxyl groups is 1. The summed E-state index contributed by atoms with van der Waals surface area (Å²) in [5.74, 6) is -3.26. The largest absolute Gasteiger partial charge is 0.504 e. The molecule has 1 aromatic carbocycles. The Morgan fingerprint density at radius 3 is 2.57 bits per heavy atom. The van der Waals surface area contributed by atoms with Crippen molar-refractivity contribution < 1.29 is 39.2 Å². The molecule has 1 aromatic rings. The van der Waals surface area contributed by atoms with Crippen LogP contribution in [0.3, 0.4) is 0 Å². The van der Waals surface area contributed by atoms with Gasteiger partial charge in [0.15, 0.2) is 11.5 Å². The summed E-state index contributed by atoms with van der Waals surface area (Å²) < 4.78 is 10.5. The SMILES string of the molecule is CCCC1=C([C@H](O)CC/C(C)=C/c2cc(I)c(O)c(OC)c2)[C@H](CO)[C@@H]2C(=O)N(C(=O)OC)C(=O)[C@@H]2C1. The van der Waals surface area contributed by atoms with E-state index in [9.17, 15) is 29.7 Å². The number of aliphatic hydroxyl groups is 2. The van der Waals surface area contributed by atoms with Crippen molar-refractivity contribution in [2.45, 2.75) is 52.1 Å². The molecule has 202 valence electrons. The number of carbonyl (C=O) groups is 3. The molecule has 37 heavy (non-hydrogen) atoms. The topological polar surface area (TPSA) is 134 Å². The predicted octanol–water partition coefficient (Wildman–Crippen LogP) is 4.03. The summed E-state index contributed by atoms with van der Waals surface area (Å²) >= 11 is 2.03. The lowest BCUT2D eigenvalue weighted by atomic mass is 9.67. The van der Waals surface area contributed by atoms with Crippen LogP contribution in [0.5, 0.6) is 11.5 Å². The number of amides is 3. The second-order valence-electron chi connectivity index (χ2n) is 9.52. The van der Waals surface area contributed by atoms with Gasteiger partial charge in [-0.3, -0.25) is 9.59 Å². The molecule has 1 heterocycles. The van der Waals surface area contributed by atoms with Crippen molar-refractivity contribution in [3.63, 3.8) is 0 Å². The molecule has 3 rings (SSSR count). The fourth-order valence-electron chi connectivity index (χ4n) is 5.48. The highest BCUT2D eigenvalue weighted by atomic mass is 127. The van der Waals surface area contributed by atoms with E-state index >= 15 is 0 Å². The van der Waals surface area contributed by atoms with Crippen molar-refractivity contribution in [3.8, 4) is 11.5 Å². The highest BCUT2D eigenvalue weighted by molar-refractivity contribution is 14.1. The van der Waals surface area contributed by atoms with Gasteiger partial charge in [-0.2, -0.15) is 4.90 Å². The maximum atomic E-state index is 13.1. The van der Waals surface area contributed by atoms with Gasteiger partial charge in [-0.15, -0.1) is 0 Å². The van der Waals surface area contributed by atoms with E-state index in [0.717, 1.165) is 30.2 Å². The highest BCUT2D eigenvalue weighted by Crippen LogP contribution is 2.47. The summed E-state index contributed by atoms with van der Waals surface area (Å²) in [5, 5.41) is 31.7. The molecule has 0 aromatic heterocycles. The number of methoxy groups -OCH3 is 2. The summed E-state index contributed by atoms with van der Waals surface area (Å²) in [7, 11) is 2.60. The van der Waals surface area contributed by atoms with Crippen LogP contribution in [0.4, 0.5) is 4.79 Å². The molecule has 1 aliphatic heterocycles. The summed E-state index contributed by atoms with van der Waals surface area (Å²) in [6.07, 6.45) is 2.54. The van der Waals surface area contributed by atoms with E-state index in [2.05, 4.69) is 4.74 Å². The van der Waals surface area contributed by atoms with E-state index in [0.29, 0.717) is 39.1 Å². The second kappa shape index (κ2) is 12.4. The summed E-state index contributed by atoms with van der Waals surface area (Å²) in [5.41, 5.74) is 3.30. The number of phenols is 1. The number of ether oxygens (including phenoxy) is 2. The molecule has 3 amide bonds. The average Bonchev–Trinajstić information content (AvgIpc) is 3.12. The Hall–Kier alpha value is -2.44. The first-order valence-electron chi connectivity index (χ1n) is 12.3. The third-order valence-corrected chi connectivity index (χ3v) is 7.97. The molecule has 9 nitrogen and oxygen atoms in total. The van der Waals surface area contributed by atoms with Crippen LogP contribution in [0.25, 0.3) is 6.08 Å². The molecule has 0 saturated carbocycles. The number of likely N-dealkylation sites (tertiary alicyclic amines) is 1. The Bertz CT molecular complexity index is 1130. The second-order valence-corrected chi connectivity index (χ2v) is 10.7. The van der Waals surface area contributed by atoms with Crippen LogP contribution in [-0.4, -0.2) is 65.1 Å². The standard InChI is InChI=1S/C27H34INO8/c1-5-6-16-12-17-23(26(34)29(25(17)33)27(35)37-4)18(13-30)22(16)20(31)8-7-14(2)9-15-10-19(28)24(32)21(11-15)36-3/h9-11,17-18,20,23,30-32H,5-8,12-13H2,1-4H3/b14-9+/t17-,18+,20-,23-/m1/s1. The van der Waals surface area contributed by atoms with Gasteiger partial charge in [-0.1, -0.05) is 30.6 Å². The number of benzene rings is 1. The molecule has 4 atom stereocenters. The third kappa shape index (κ3) is 5.85. The van der Waals surface area contributed by atoms with E-state index in [-0.39, 0.29) is 12.2 Å². The fraction of sp³-hybridized carbons (Fsp3) is 0.519. The predicted molar refractivity (Wildman–Crippen MR) is 145 cm³/mol. The van der Waals surface area contributed by atoms with Crippen molar-refractivity contribution >= 4 is 46.6 Å². The average molecular weight is 627 g/mol. The zero-order valence-corrected chi connectivity index (χ0v) is 23.6. The number of halogens is 1. The number of allylic oxidation sites excluding steroid dienone is 2. The number of aliphatic hydroxyl groups excluding tert-OH is 2. The smallest absolute Gasteiger partial charge is 0.423 e. The number of hydrogen-bond acceptors (Lipinski definition) is 8. The van der Waals surface area contributed by atoms with E-state index in [1.807, 2.05) is 48.6 Å². The van der Waals surface area contributed by atoms with Gasteiger partial charge in [0.2, 0.25) is 11.8 Å². The number of phenolic OH excluding ortho intramolecular Hbond substituents is 1. The summed E-state index contributed by atoms with van der Waals surface area (Å²) in [6, 6.07) is 3.57. The monoisotopic (exact) mass is 627 g/mol. The van der Waals surface area contributed by atoms with Gasteiger partial charge in [0.05, 0.1) is 42.3 Å². The Kier molecular flexibility index (Phi) is 9.76. The maximum Gasteiger partial charge on any atom is 0.423 e. The molecule has 1 aliphatic carbocycles. The van der Waals surface area contributed by atoms with E-state index in [1.54, 1.807) is 6.07 Å². The molecule has 1 fully saturated rings. The minimum atomic E-state index is -1.03. The van der Waals surface area contributed by atoms with Gasteiger partial charge in [0.1, 0.15) is 0 Å². The van der Waals surface area contributed by atoms with Gasteiger partial charge >= 0.3 is 6.09 Å². The van der Waals surface area contributed by atoms with Crippen molar-refractivity contribution in [2.24, 2.45) is 17.8 Å². The molecule has 0 radical (unpaired) electrons. The van der Waals surface area contributed by atoms with E-state index in [4.69, 9.17) is 4.74 Å². The lowest BCUT2D eigenvalue weighted by molar-refractivity contribution is -0.137. The van der Waals surface area contributed by atoms with Gasteiger partial charge < -0.3 is 24.8 Å². The van der Waals surface area contributed by atoms with Gasteiger partial charge in [0, 0.05) is 5.92 Å². The number of nitrogens with zero attached hydrogens (tertiary/aromatic N) is 1. The van der Waals surface area contributed by atoms with Crippen molar-refractivity contribution in [2.75, 3.05) is 20.8 Å². The lowest BCUT2D eigenvalue weighted by Gasteiger charge is -2.36. The van der Waals surface area contributed by atoms with Crippen LogP contribution in [0.1, 0.15) is 51.5 Å². The van der Waals surface area contributed by atoms with E-state index < -0.39 is 48.4 Å². The summed E-state index contributed by atoms with van der Waals surface area (Å²) in [6.45, 7) is 3.50. The normalized spacial score (nSPS) is 22.8. The number of hydrogen-bond donors (Lipinski definition) is 3. The van der Waals surface area contributed by atoms with Crippen LogP contribution in [-0.2, 0) is 14.3 Å². The molecular weight excluding hydrogens is 593 g/mol. The van der Waals surface area contributed by atoms with Crippen LogP contribution < -0.4 is 4.74 Å². The Balaban J connectivity index is 1.85. The first-order valence-corrected chi connectivity index (χ1v) is 13.4. The number of carbonyl (C=O) groups excluding carboxylic acids is 3. The molecule has 0 spiro atoms. The van der Waals surface area contributed by atoms with Gasteiger partial charge in [-0.25, -0.2) is 4.79 Å². The van der Waals surface area contributed by atoms with Crippen molar-refractivity contribution in [1.29, 1.82) is 0 Å². The van der Waals surface area contributed by atoms with E-state index in [1.165, 1.54) is 7.11 Å². The number of imide groups is 3. The highest BCUT2D eigenvalue weighted by Gasteiger charge is 2.57. The maximum absolute atomic E-state index is 13.1. The fourth-order valence-corrected chi connectivity index (χ4v) is 6.10. The third-order valence-electron chi connectivity index (χ3n) is 7.14. The Morgan fingerprint density at radius 1 is 1.27 bits per heavy atom. The quantitative estimate of drug-likeness (QED) is 0.213. The number of rotatable bonds is 9. The molecular formula is C27H34INO8. The minimum Gasteiger partial charge on any atom is -0.504 e. The van der Waals surface area contributed by atoms with Crippen LogP contribution in [0.15, 0.2) is 28.9 Å². The zero-order valence-electron chi connectivity index (χ0n) is 21.5. The zero-order chi connectivity index (χ0) is 27.4. The van der Waals surface area contributed by atoms with Gasteiger partial charge in [0.25, 0.3) is 0 Å². The minimum absolute atomic E-state index is 0.0834. The first-order chi connectivity index (χ1) is 17.6. The molecule has 1 saturated heterocycles. The van der Waals surface area contributed by atoms with Crippen LogP contribution in [0, 0.1) is 21.3 Å². The molecule has 0 bridgehead atoms. The van der Waals surface area contributed by atoms with Crippen LogP contribution >= 0.6 is 22.6 Å². The van der Waals surface area contributed by atoms with Gasteiger partial charge in [-0.05, 0) is 78.5 Å². The first kappa shape index (κ1) is 29.1. The lowest BCUT2D eigenvalue weighted by Crippen LogP contribution is -2.40. The van der Waals surface area contributed by atoms with Crippen molar-refractivity contribution in [3.05, 3.63) is 38.0 Å². The molecule has 10 heteroatoms. The Morgan fingerprint density at radius 2 is 1.97 bits per heavy atom. The van der Waals surface area contributed by atoms with Crippen molar-refractivity contribution in [1.82, 2.24) is 4.90 Å². The Labute approximate surface area is 230 Å². The van der Waals surface area contributed by atoms with Crippen LogP contribution in [0.2, 0.25) is 0 Å². The summed E-state index contributed by atoms with van der Waals surface area (Å²) in [4.78, 5) is 38.6. The number of fused-ring (bicyclic) bond motifs is 1. The molecule has 0 unspecified atom stereocenters.